The molecule has 0 unspecified atom stereocenters. The highest BCUT2D eigenvalue weighted by atomic mass is 32.2. The first-order valence-corrected chi connectivity index (χ1v) is 10.8. The van der Waals surface area contributed by atoms with Gasteiger partial charge in [0.15, 0.2) is 11.0 Å². The predicted molar refractivity (Wildman–Crippen MR) is 99.3 cm³/mol. The van der Waals surface area contributed by atoms with Gasteiger partial charge in [0.05, 0.1) is 21.2 Å². The van der Waals surface area contributed by atoms with Crippen LogP contribution in [-0.2, 0) is 23.0 Å². The topological polar surface area (TPSA) is 117 Å². The van der Waals surface area contributed by atoms with Crippen LogP contribution in [0.25, 0.3) is 11.0 Å². The van der Waals surface area contributed by atoms with Crippen molar-refractivity contribution in [3.8, 4) is 0 Å². The van der Waals surface area contributed by atoms with Gasteiger partial charge >= 0.3 is 0 Å². The van der Waals surface area contributed by atoms with E-state index in [1.807, 2.05) is 18.4 Å². The summed E-state index contributed by atoms with van der Waals surface area (Å²) >= 11 is 1.49. The van der Waals surface area contributed by atoms with E-state index >= 15 is 0 Å². The lowest BCUT2D eigenvalue weighted by Gasteiger charge is -2.08. The summed E-state index contributed by atoms with van der Waals surface area (Å²) < 4.78 is 30.5. The molecule has 0 saturated heterocycles. The molecule has 0 fully saturated rings. The van der Waals surface area contributed by atoms with Crippen molar-refractivity contribution in [1.82, 2.24) is 19.7 Å². The monoisotopic (exact) mass is 395 g/mol. The molecule has 0 spiro atoms. The SMILES string of the molecule is CCCc1noc([C@@H](C)Sc2nc3cc(S(N)(=O)=O)ccc3n2CC)n1. The summed E-state index contributed by atoms with van der Waals surface area (Å²) in [6.45, 7) is 6.75. The van der Waals surface area contributed by atoms with Crippen molar-refractivity contribution >= 4 is 32.8 Å². The molecule has 2 heterocycles. The van der Waals surface area contributed by atoms with E-state index in [4.69, 9.17) is 9.66 Å². The van der Waals surface area contributed by atoms with Crippen LogP contribution in [0, 0.1) is 0 Å². The van der Waals surface area contributed by atoms with E-state index in [-0.39, 0.29) is 10.1 Å². The van der Waals surface area contributed by atoms with E-state index in [0.29, 0.717) is 23.8 Å². The molecule has 26 heavy (non-hydrogen) atoms. The molecule has 0 aliphatic carbocycles. The number of fused-ring (bicyclic) bond motifs is 1. The minimum atomic E-state index is -3.76. The second kappa shape index (κ2) is 7.37. The number of aromatic nitrogens is 4. The molecular formula is C16H21N5O3S2. The molecule has 10 heteroatoms. The number of nitrogens with two attached hydrogens (primary N) is 1. The van der Waals surface area contributed by atoms with Gasteiger partial charge in [-0.1, -0.05) is 23.8 Å². The molecule has 3 rings (SSSR count). The Kier molecular flexibility index (Phi) is 5.35. The van der Waals surface area contributed by atoms with Crippen molar-refractivity contribution in [3.63, 3.8) is 0 Å². The van der Waals surface area contributed by atoms with Gasteiger partial charge in [0.1, 0.15) is 0 Å². The first-order valence-electron chi connectivity index (χ1n) is 8.35. The number of primary sulfonamides is 1. The van der Waals surface area contributed by atoms with E-state index in [1.165, 1.54) is 23.9 Å². The van der Waals surface area contributed by atoms with Crippen molar-refractivity contribution in [2.45, 2.75) is 55.5 Å². The molecule has 0 aliphatic rings. The van der Waals surface area contributed by atoms with Crippen LogP contribution in [0.3, 0.4) is 0 Å². The number of nitrogens with zero attached hydrogens (tertiary/aromatic N) is 4. The Morgan fingerprint density at radius 3 is 2.73 bits per heavy atom. The molecule has 0 radical (unpaired) electrons. The third-order valence-corrected chi connectivity index (χ3v) is 5.91. The van der Waals surface area contributed by atoms with Crippen molar-refractivity contribution in [3.05, 3.63) is 29.9 Å². The van der Waals surface area contributed by atoms with E-state index in [9.17, 15) is 8.42 Å². The number of thioether (sulfide) groups is 1. The van der Waals surface area contributed by atoms with Gasteiger partial charge in [0, 0.05) is 13.0 Å². The van der Waals surface area contributed by atoms with Gasteiger partial charge in [0.25, 0.3) is 0 Å². The van der Waals surface area contributed by atoms with Crippen LogP contribution in [0.15, 0.2) is 32.8 Å². The van der Waals surface area contributed by atoms with E-state index in [2.05, 4.69) is 22.0 Å². The molecule has 140 valence electrons. The van der Waals surface area contributed by atoms with Crippen LogP contribution in [0.1, 0.15) is 44.2 Å². The zero-order chi connectivity index (χ0) is 18.9. The minimum absolute atomic E-state index is 0.0523. The van der Waals surface area contributed by atoms with Gasteiger partial charge in [0.2, 0.25) is 15.9 Å². The van der Waals surface area contributed by atoms with Crippen LogP contribution in [0.4, 0.5) is 0 Å². The maximum Gasteiger partial charge on any atom is 0.239 e. The Hall–Kier alpha value is -1.91. The van der Waals surface area contributed by atoms with Gasteiger partial charge in [-0.2, -0.15) is 4.98 Å². The fourth-order valence-electron chi connectivity index (χ4n) is 2.63. The second-order valence-electron chi connectivity index (χ2n) is 5.89. The molecule has 2 N–H and O–H groups in total. The Morgan fingerprint density at radius 2 is 2.08 bits per heavy atom. The molecule has 1 aromatic carbocycles. The molecule has 2 aromatic heterocycles. The summed E-state index contributed by atoms with van der Waals surface area (Å²) in [5.74, 6) is 1.26. The second-order valence-corrected chi connectivity index (χ2v) is 8.76. The number of aryl methyl sites for hydroxylation is 2. The summed E-state index contributed by atoms with van der Waals surface area (Å²) in [5, 5.41) is 9.88. The first-order chi connectivity index (χ1) is 12.3. The Labute approximate surface area is 156 Å². The number of hydrogen-bond acceptors (Lipinski definition) is 7. The maximum absolute atomic E-state index is 11.6. The number of rotatable bonds is 7. The van der Waals surface area contributed by atoms with Crippen LogP contribution in [-0.4, -0.2) is 28.1 Å². The van der Waals surface area contributed by atoms with Crippen molar-refractivity contribution < 1.29 is 12.9 Å². The minimum Gasteiger partial charge on any atom is -0.338 e. The third kappa shape index (κ3) is 3.76. The van der Waals surface area contributed by atoms with Gasteiger partial charge in [-0.05, 0) is 38.5 Å². The molecule has 0 amide bonds. The number of benzene rings is 1. The predicted octanol–water partition coefficient (Wildman–Crippen LogP) is 2.89. The Bertz CT molecular complexity index is 1030. The fourth-order valence-corrected chi connectivity index (χ4v) is 4.18. The molecular weight excluding hydrogens is 374 g/mol. The highest BCUT2D eigenvalue weighted by molar-refractivity contribution is 7.99. The zero-order valence-corrected chi connectivity index (χ0v) is 16.5. The molecule has 1 atom stereocenters. The third-order valence-electron chi connectivity index (χ3n) is 3.92. The van der Waals surface area contributed by atoms with Crippen LogP contribution >= 0.6 is 11.8 Å². The van der Waals surface area contributed by atoms with E-state index < -0.39 is 10.0 Å². The van der Waals surface area contributed by atoms with E-state index in [1.54, 1.807) is 6.07 Å². The number of sulfonamides is 1. The summed E-state index contributed by atoms with van der Waals surface area (Å²) in [6, 6.07) is 4.72. The summed E-state index contributed by atoms with van der Waals surface area (Å²) in [4.78, 5) is 9.06. The standard InChI is InChI=1S/C16H21N5O3S2/c1-4-6-14-19-15(24-20-14)10(3)25-16-18-12-9-11(26(17,22)23)7-8-13(12)21(16)5-2/h7-10H,4-6H2,1-3H3,(H2,17,22,23)/t10-/m1/s1. The average molecular weight is 396 g/mol. The summed E-state index contributed by atoms with van der Waals surface area (Å²) in [7, 11) is -3.76. The lowest BCUT2D eigenvalue weighted by molar-refractivity contribution is 0.374. The quantitative estimate of drug-likeness (QED) is 0.611. The van der Waals surface area contributed by atoms with Gasteiger partial charge in [-0.15, -0.1) is 0 Å². The first kappa shape index (κ1) is 18.9. The van der Waals surface area contributed by atoms with Crippen molar-refractivity contribution in [2.24, 2.45) is 5.14 Å². The lowest BCUT2D eigenvalue weighted by Crippen LogP contribution is -2.11. The highest BCUT2D eigenvalue weighted by Crippen LogP contribution is 2.35. The zero-order valence-electron chi connectivity index (χ0n) is 14.8. The summed E-state index contributed by atoms with van der Waals surface area (Å²) in [6.07, 6.45) is 1.74. The Balaban J connectivity index is 1.93. The smallest absolute Gasteiger partial charge is 0.239 e. The lowest BCUT2D eigenvalue weighted by atomic mass is 10.3. The molecule has 0 saturated carbocycles. The molecule has 8 nitrogen and oxygen atoms in total. The van der Waals surface area contributed by atoms with Gasteiger partial charge in [-0.25, -0.2) is 18.5 Å². The molecule has 0 aliphatic heterocycles. The van der Waals surface area contributed by atoms with Crippen LogP contribution < -0.4 is 5.14 Å². The fraction of sp³-hybridized carbons (Fsp3) is 0.438. The molecule has 0 bridgehead atoms. The molecule has 3 aromatic rings. The van der Waals surface area contributed by atoms with Crippen LogP contribution in [0.2, 0.25) is 0 Å². The van der Waals surface area contributed by atoms with Crippen LogP contribution in [0.5, 0.6) is 0 Å². The van der Waals surface area contributed by atoms with E-state index in [0.717, 1.165) is 23.5 Å². The number of imidazole rings is 1. The van der Waals surface area contributed by atoms with Crippen molar-refractivity contribution in [1.29, 1.82) is 0 Å². The number of hydrogen-bond donors (Lipinski definition) is 1. The normalized spacial score (nSPS) is 13.4. The van der Waals surface area contributed by atoms with Gasteiger partial charge < -0.3 is 9.09 Å². The Morgan fingerprint density at radius 1 is 1.31 bits per heavy atom. The average Bonchev–Trinajstić information content (AvgIpc) is 3.17. The van der Waals surface area contributed by atoms with Crippen molar-refractivity contribution in [2.75, 3.05) is 0 Å². The maximum atomic E-state index is 11.6. The largest absolute Gasteiger partial charge is 0.338 e. The summed E-state index contributed by atoms with van der Waals surface area (Å²) in [5.41, 5.74) is 1.44. The van der Waals surface area contributed by atoms with Gasteiger partial charge in [-0.3, -0.25) is 0 Å². The highest BCUT2D eigenvalue weighted by Gasteiger charge is 2.20.